The monoisotopic (exact) mass is 269 g/mol. The summed E-state index contributed by atoms with van der Waals surface area (Å²) < 4.78 is 1.32. The predicted octanol–water partition coefficient (Wildman–Crippen LogP) is 4.30. The molecule has 0 aromatic carbocycles. The molecular weight excluding hydrogens is 232 g/mol. The van der Waals surface area contributed by atoms with E-state index < -0.39 is 0 Å². The second-order valence-electron chi connectivity index (χ2n) is 6.92. The number of nitrogens with zero attached hydrogens (tertiary/aromatic N) is 1. The minimum atomic E-state index is 0.290. The summed E-state index contributed by atoms with van der Waals surface area (Å²) in [5.74, 6) is 0. The molecular formula is C17H37N2+. The van der Waals surface area contributed by atoms with Gasteiger partial charge in [-0.05, 0) is 25.7 Å². The summed E-state index contributed by atoms with van der Waals surface area (Å²) in [6.07, 6.45) is 11.2. The molecule has 2 nitrogen and oxygen atoms in total. The molecule has 19 heavy (non-hydrogen) atoms. The largest absolute Gasteiger partial charge is 0.306 e. The average Bonchev–Trinajstić information content (AvgIpc) is 2.66. The van der Waals surface area contributed by atoms with Crippen molar-refractivity contribution in [3.63, 3.8) is 0 Å². The van der Waals surface area contributed by atoms with Crippen LogP contribution in [0.15, 0.2) is 0 Å². The van der Waals surface area contributed by atoms with Crippen molar-refractivity contribution in [1.29, 1.82) is 0 Å². The van der Waals surface area contributed by atoms with Gasteiger partial charge < -0.3 is 4.48 Å². The normalized spacial score (nSPS) is 20.8. The smallest absolute Gasteiger partial charge is 0.147 e. The summed E-state index contributed by atoms with van der Waals surface area (Å²) in [5, 5.41) is 3.74. The Kier molecular flexibility index (Phi) is 7.38. The Morgan fingerprint density at radius 1 is 0.842 bits per heavy atom. The Balaban J connectivity index is 2.48. The van der Waals surface area contributed by atoms with Gasteiger partial charge in [-0.2, -0.15) is 0 Å². The molecule has 1 heterocycles. The first kappa shape index (κ1) is 17.0. The highest BCUT2D eigenvalue weighted by molar-refractivity contribution is 4.75. The van der Waals surface area contributed by atoms with Crippen LogP contribution in [0.4, 0.5) is 0 Å². The molecule has 2 heteroatoms. The van der Waals surface area contributed by atoms with E-state index in [-0.39, 0.29) is 0 Å². The summed E-state index contributed by atoms with van der Waals surface area (Å²) in [6, 6.07) is 0. The fourth-order valence-corrected chi connectivity index (χ4v) is 3.60. The van der Waals surface area contributed by atoms with E-state index in [4.69, 9.17) is 0 Å². The van der Waals surface area contributed by atoms with Crippen LogP contribution >= 0.6 is 0 Å². The Morgan fingerprint density at radius 3 is 1.74 bits per heavy atom. The third kappa shape index (κ3) is 4.75. The van der Waals surface area contributed by atoms with E-state index in [1.165, 1.54) is 82.0 Å². The van der Waals surface area contributed by atoms with Crippen LogP contribution in [0.2, 0.25) is 0 Å². The van der Waals surface area contributed by atoms with E-state index in [9.17, 15) is 0 Å². The van der Waals surface area contributed by atoms with Gasteiger partial charge in [-0.15, -0.1) is 0 Å². The van der Waals surface area contributed by atoms with E-state index in [2.05, 4.69) is 33.0 Å². The molecule has 0 bridgehead atoms. The van der Waals surface area contributed by atoms with Gasteiger partial charge in [0, 0.05) is 13.8 Å². The maximum Gasteiger partial charge on any atom is 0.147 e. The molecule has 1 N–H and O–H groups in total. The van der Waals surface area contributed by atoms with Gasteiger partial charge in [0.2, 0.25) is 0 Å². The molecule has 0 aromatic rings. The van der Waals surface area contributed by atoms with Crippen LogP contribution < -0.4 is 5.32 Å². The lowest BCUT2D eigenvalue weighted by atomic mass is 10.1. The van der Waals surface area contributed by atoms with Crippen LogP contribution in [0.1, 0.15) is 79.1 Å². The van der Waals surface area contributed by atoms with E-state index in [1.54, 1.807) is 0 Å². The topological polar surface area (TPSA) is 12.0 Å². The maximum atomic E-state index is 3.74. The van der Waals surface area contributed by atoms with E-state index in [0.717, 1.165) is 0 Å². The predicted molar refractivity (Wildman–Crippen MR) is 85.2 cm³/mol. The minimum absolute atomic E-state index is 0.290. The maximum absolute atomic E-state index is 3.74. The molecule has 1 aliphatic heterocycles. The van der Waals surface area contributed by atoms with Crippen molar-refractivity contribution < 1.29 is 4.48 Å². The Bertz CT molecular complexity index is 223. The molecule has 0 aliphatic carbocycles. The molecule has 114 valence electrons. The van der Waals surface area contributed by atoms with Crippen molar-refractivity contribution in [2.45, 2.75) is 84.7 Å². The zero-order valence-corrected chi connectivity index (χ0v) is 13.9. The van der Waals surface area contributed by atoms with Gasteiger partial charge in [-0.1, -0.05) is 39.5 Å². The lowest BCUT2D eigenvalue weighted by Gasteiger charge is -2.45. The van der Waals surface area contributed by atoms with Gasteiger partial charge in [-0.25, -0.2) is 0 Å². The molecule has 1 rings (SSSR count). The highest BCUT2D eigenvalue weighted by Crippen LogP contribution is 2.29. The van der Waals surface area contributed by atoms with Crippen molar-refractivity contribution in [3.05, 3.63) is 0 Å². The van der Waals surface area contributed by atoms with Crippen molar-refractivity contribution in [2.75, 3.05) is 26.2 Å². The summed E-state index contributed by atoms with van der Waals surface area (Å²) >= 11 is 0. The van der Waals surface area contributed by atoms with Crippen molar-refractivity contribution in [2.24, 2.45) is 0 Å². The lowest BCUT2D eigenvalue weighted by Crippen LogP contribution is -2.62. The molecule has 0 amide bonds. The fraction of sp³-hybridized carbons (Fsp3) is 1.00. The Labute approximate surface area is 121 Å². The molecule has 1 saturated heterocycles. The molecule has 0 atom stereocenters. The van der Waals surface area contributed by atoms with Crippen molar-refractivity contribution >= 4 is 0 Å². The third-order valence-corrected chi connectivity index (χ3v) is 5.16. The van der Waals surface area contributed by atoms with E-state index in [0.29, 0.717) is 5.66 Å². The molecule has 0 spiro atoms. The van der Waals surface area contributed by atoms with Crippen LogP contribution in [0.3, 0.4) is 0 Å². The highest BCUT2D eigenvalue weighted by Gasteiger charge is 2.46. The number of unbranched alkanes of at least 4 members (excludes halogenated alkanes) is 6. The second kappa shape index (κ2) is 8.26. The van der Waals surface area contributed by atoms with Gasteiger partial charge in [0.15, 0.2) is 0 Å². The molecule has 0 radical (unpaired) electrons. The first-order valence-electron chi connectivity index (χ1n) is 8.69. The van der Waals surface area contributed by atoms with Gasteiger partial charge in [0.1, 0.15) is 5.66 Å². The summed E-state index contributed by atoms with van der Waals surface area (Å²) in [7, 11) is 0. The number of hydrogen-bond donors (Lipinski definition) is 1. The standard InChI is InChI=1S/C17H37N2/c1-5-7-9-11-14-19(15-12-10-8-6-2)16-13-18-17(19,3)4/h18H,5-16H2,1-4H3/q+1. The number of nitrogens with one attached hydrogen (secondary N) is 1. The van der Waals surface area contributed by atoms with Crippen LogP contribution in [0.5, 0.6) is 0 Å². The second-order valence-corrected chi connectivity index (χ2v) is 6.92. The summed E-state index contributed by atoms with van der Waals surface area (Å²) in [4.78, 5) is 0. The Hall–Kier alpha value is -0.0800. The van der Waals surface area contributed by atoms with Gasteiger partial charge >= 0.3 is 0 Å². The average molecular weight is 269 g/mol. The number of hydrogen-bond acceptors (Lipinski definition) is 1. The van der Waals surface area contributed by atoms with Gasteiger partial charge in [0.05, 0.1) is 26.2 Å². The first-order chi connectivity index (χ1) is 9.08. The van der Waals surface area contributed by atoms with Crippen LogP contribution in [0.25, 0.3) is 0 Å². The lowest BCUT2D eigenvalue weighted by molar-refractivity contribution is -0.962. The fourth-order valence-electron chi connectivity index (χ4n) is 3.60. The first-order valence-corrected chi connectivity index (χ1v) is 8.69. The third-order valence-electron chi connectivity index (χ3n) is 5.16. The zero-order valence-electron chi connectivity index (χ0n) is 13.9. The van der Waals surface area contributed by atoms with Crippen LogP contribution in [0, 0.1) is 0 Å². The molecule has 1 aliphatic rings. The quantitative estimate of drug-likeness (QED) is 0.460. The van der Waals surface area contributed by atoms with Crippen LogP contribution in [-0.4, -0.2) is 36.3 Å². The SMILES string of the molecule is CCCCCC[N+]1(CCCCCC)CCNC1(C)C. The molecule has 1 fully saturated rings. The zero-order chi connectivity index (χ0) is 14.2. The number of quaternary nitrogens is 1. The van der Waals surface area contributed by atoms with Gasteiger partial charge in [-0.3, -0.25) is 5.32 Å². The highest BCUT2D eigenvalue weighted by atomic mass is 15.5. The summed E-state index contributed by atoms with van der Waals surface area (Å²) in [5.41, 5.74) is 0.290. The van der Waals surface area contributed by atoms with E-state index in [1.807, 2.05) is 0 Å². The van der Waals surface area contributed by atoms with Crippen molar-refractivity contribution in [3.8, 4) is 0 Å². The molecule has 0 aromatic heterocycles. The van der Waals surface area contributed by atoms with E-state index >= 15 is 0 Å². The molecule has 0 unspecified atom stereocenters. The molecule has 0 saturated carbocycles. The summed E-state index contributed by atoms with van der Waals surface area (Å²) in [6.45, 7) is 14.7. The Morgan fingerprint density at radius 2 is 1.37 bits per heavy atom. The number of rotatable bonds is 10. The van der Waals surface area contributed by atoms with Crippen LogP contribution in [-0.2, 0) is 0 Å². The minimum Gasteiger partial charge on any atom is -0.306 e. The van der Waals surface area contributed by atoms with Gasteiger partial charge in [0.25, 0.3) is 0 Å². The van der Waals surface area contributed by atoms with Crippen molar-refractivity contribution in [1.82, 2.24) is 5.32 Å².